The summed E-state index contributed by atoms with van der Waals surface area (Å²) in [5.74, 6) is -0.324. The van der Waals surface area contributed by atoms with Crippen molar-refractivity contribution in [1.29, 1.82) is 0 Å². The van der Waals surface area contributed by atoms with Crippen molar-refractivity contribution in [3.63, 3.8) is 0 Å². The molecule has 0 unspecified atom stereocenters. The molecule has 0 heterocycles. The van der Waals surface area contributed by atoms with Gasteiger partial charge in [0, 0.05) is 27.4 Å². The fourth-order valence-electron chi connectivity index (χ4n) is 2.35. The van der Waals surface area contributed by atoms with Crippen LogP contribution in [0.5, 0.6) is 0 Å². The quantitative estimate of drug-likeness (QED) is 0.423. The molecule has 0 fully saturated rings. The molecule has 3 aromatic carbocycles. The first kappa shape index (κ1) is 16.7. The molecule has 0 aromatic heterocycles. The van der Waals surface area contributed by atoms with E-state index in [-0.39, 0.29) is 5.91 Å². The van der Waals surface area contributed by atoms with Crippen molar-refractivity contribution >= 4 is 28.9 Å². The molecule has 0 bridgehead atoms. The lowest BCUT2D eigenvalue weighted by atomic mass is 10.0. The molecule has 0 radical (unpaired) electrons. The van der Waals surface area contributed by atoms with Crippen molar-refractivity contribution in [1.82, 2.24) is 5.43 Å². The van der Waals surface area contributed by atoms with Crippen molar-refractivity contribution in [2.45, 2.75) is 0 Å². The van der Waals surface area contributed by atoms with Crippen molar-refractivity contribution in [3.8, 4) is 0 Å². The molecule has 1 amide bonds. The number of carbonyl (C=O) groups excluding carboxylic acids is 1. The standard InChI is InChI=1S/C20H16ClN3O/c21-17-11-9-15(10-12-17)19(14-5-2-1-3-6-14)23-24-20(25)16-7-4-8-18(22)13-16/h1-13H,22H2,(H,24,25)/b23-19-. The van der Waals surface area contributed by atoms with Crippen LogP contribution in [-0.2, 0) is 0 Å². The molecule has 3 aromatic rings. The number of hydrogen-bond donors (Lipinski definition) is 2. The number of amides is 1. The summed E-state index contributed by atoms with van der Waals surface area (Å²) in [6.45, 7) is 0. The van der Waals surface area contributed by atoms with E-state index >= 15 is 0 Å². The van der Waals surface area contributed by atoms with Gasteiger partial charge in [-0.05, 0) is 30.3 Å². The molecule has 0 aliphatic carbocycles. The van der Waals surface area contributed by atoms with E-state index in [0.29, 0.717) is 22.0 Å². The van der Waals surface area contributed by atoms with E-state index in [1.54, 1.807) is 36.4 Å². The molecule has 3 rings (SSSR count). The monoisotopic (exact) mass is 349 g/mol. The summed E-state index contributed by atoms with van der Waals surface area (Å²) in [7, 11) is 0. The second-order valence-electron chi connectivity index (χ2n) is 5.40. The summed E-state index contributed by atoms with van der Waals surface area (Å²) in [6, 6.07) is 23.7. The smallest absolute Gasteiger partial charge is 0.271 e. The fourth-order valence-corrected chi connectivity index (χ4v) is 2.48. The van der Waals surface area contributed by atoms with E-state index in [2.05, 4.69) is 10.5 Å². The van der Waals surface area contributed by atoms with Crippen LogP contribution in [0.3, 0.4) is 0 Å². The Morgan fingerprint density at radius 1 is 0.840 bits per heavy atom. The van der Waals surface area contributed by atoms with Gasteiger partial charge < -0.3 is 5.73 Å². The van der Waals surface area contributed by atoms with Gasteiger partial charge in [-0.25, -0.2) is 5.43 Å². The highest BCUT2D eigenvalue weighted by Crippen LogP contribution is 2.15. The van der Waals surface area contributed by atoms with Gasteiger partial charge >= 0.3 is 0 Å². The number of rotatable bonds is 4. The first-order valence-electron chi connectivity index (χ1n) is 7.68. The van der Waals surface area contributed by atoms with Crippen LogP contribution in [0.2, 0.25) is 5.02 Å². The van der Waals surface area contributed by atoms with Crippen molar-refractivity contribution in [2.24, 2.45) is 5.10 Å². The van der Waals surface area contributed by atoms with Gasteiger partial charge in [0.25, 0.3) is 5.91 Å². The zero-order chi connectivity index (χ0) is 17.6. The van der Waals surface area contributed by atoms with Gasteiger partial charge in [0.1, 0.15) is 0 Å². The third kappa shape index (κ3) is 4.25. The molecular formula is C20H16ClN3O. The van der Waals surface area contributed by atoms with Crippen LogP contribution in [0.25, 0.3) is 0 Å². The highest BCUT2D eigenvalue weighted by Gasteiger charge is 2.09. The Kier molecular flexibility index (Phi) is 5.11. The lowest BCUT2D eigenvalue weighted by molar-refractivity contribution is 0.0955. The van der Waals surface area contributed by atoms with Gasteiger partial charge in [-0.1, -0.05) is 60.1 Å². The zero-order valence-corrected chi connectivity index (χ0v) is 14.1. The minimum Gasteiger partial charge on any atom is -0.399 e. The SMILES string of the molecule is Nc1cccc(C(=O)N/N=C(/c2ccccc2)c2ccc(Cl)cc2)c1. The number of anilines is 1. The number of nitrogens with zero attached hydrogens (tertiary/aromatic N) is 1. The molecule has 3 N–H and O–H groups in total. The molecule has 0 aliphatic rings. The fraction of sp³-hybridized carbons (Fsp3) is 0. The van der Waals surface area contributed by atoms with Gasteiger partial charge in [0.05, 0.1) is 5.71 Å². The number of benzene rings is 3. The van der Waals surface area contributed by atoms with E-state index in [4.69, 9.17) is 17.3 Å². The molecular weight excluding hydrogens is 334 g/mol. The Labute approximate surface area is 150 Å². The molecule has 0 saturated carbocycles. The van der Waals surface area contributed by atoms with Gasteiger partial charge in [-0.15, -0.1) is 0 Å². The summed E-state index contributed by atoms with van der Waals surface area (Å²) in [4.78, 5) is 12.3. The van der Waals surface area contributed by atoms with Crippen LogP contribution in [0.1, 0.15) is 21.5 Å². The largest absolute Gasteiger partial charge is 0.399 e. The minimum atomic E-state index is -0.324. The topological polar surface area (TPSA) is 67.5 Å². The predicted octanol–water partition coefficient (Wildman–Crippen LogP) is 4.10. The highest BCUT2D eigenvalue weighted by atomic mass is 35.5. The van der Waals surface area contributed by atoms with Crippen molar-refractivity contribution < 1.29 is 4.79 Å². The number of carbonyl (C=O) groups is 1. The Balaban J connectivity index is 1.93. The molecule has 5 heteroatoms. The normalized spacial score (nSPS) is 11.2. The number of halogens is 1. The lowest BCUT2D eigenvalue weighted by Crippen LogP contribution is -2.20. The average molecular weight is 350 g/mol. The molecule has 0 aliphatic heterocycles. The maximum atomic E-state index is 12.3. The van der Waals surface area contributed by atoms with Crippen molar-refractivity contribution in [3.05, 3.63) is 101 Å². The summed E-state index contributed by atoms with van der Waals surface area (Å²) >= 11 is 5.96. The molecule has 0 spiro atoms. The Morgan fingerprint density at radius 3 is 2.16 bits per heavy atom. The van der Waals surface area contributed by atoms with Gasteiger partial charge in [0.15, 0.2) is 0 Å². The highest BCUT2D eigenvalue weighted by molar-refractivity contribution is 6.30. The lowest BCUT2D eigenvalue weighted by Gasteiger charge is -2.08. The first-order valence-corrected chi connectivity index (χ1v) is 8.06. The average Bonchev–Trinajstić information content (AvgIpc) is 2.64. The van der Waals surface area contributed by atoms with Crippen LogP contribution in [0.15, 0.2) is 84.0 Å². The maximum absolute atomic E-state index is 12.3. The third-order valence-electron chi connectivity index (χ3n) is 3.58. The van der Waals surface area contributed by atoms with E-state index in [1.807, 2.05) is 42.5 Å². The van der Waals surface area contributed by atoms with Crippen LogP contribution in [0.4, 0.5) is 5.69 Å². The number of nitrogen functional groups attached to an aromatic ring is 1. The molecule has 4 nitrogen and oxygen atoms in total. The Morgan fingerprint density at radius 2 is 1.48 bits per heavy atom. The van der Waals surface area contributed by atoms with Crippen LogP contribution >= 0.6 is 11.6 Å². The van der Waals surface area contributed by atoms with E-state index in [9.17, 15) is 4.79 Å². The molecule has 0 atom stereocenters. The summed E-state index contributed by atoms with van der Waals surface area (Å²) in [6.07, 6.45) is 0. The number of nitrogens with two attached hydrogens (primary N) is 1. The van der Waals surface area contributed by atoms with Crippen LogP contribution in [0, 0.1) is 0 Å². The molecule has 124 valence electrons. The molecule has 0 saturated heterocycles. The van der Waals surface area contributed by atoms with E-state index in [0.717, 1.165) is 11.1 Å². The Hall–Kier alpha value is -3.11. The summed E-state index contributed by atoms with van der Waals surface area (Å²) in [5.41, 5.74) is 11.7. The summed E-state index contributed by atoms with van der Waals surface area (Å²) < 4.78 is 0. The van der Waals surface area contributed by atoms with E-state index in [1.165, 1.54) is 0 Å². The Bertz CT molecular complexity index is 906. The summed E-state index contributed by atoms with van der Waals surface area (Å²) in [5, 5.41) is 4.97. The molecule has 25 heavy (non-hydrogen) atoms. The maximum Gasteiger partial charge on any atom is 0.271 e. The van der Waals surface area contributed by atoms with Crippen LogP contribution in [-0.4, -0.2) is 11.6 Å². The van der Waals surface area contributed by atoms with Crippen molar-refractivity contribution in [2.75, 3.05) is 5.73 Å². The van der Waals surface area contributed by atoms with Gasteiger partial charge in [-0.3, -0.25) is 4.79 Å². The number of hydrogen-bond acceptors (Lipinski definition) is 3. The van der Waals surface area contributed by atoms with Gasteiger partial charge in [0.2, 0.25) is 0 Å². The second-order valence-corrected chi connectivity index (χ2v) is 5.84. The van der Waals surface area contributed by atoms with Crippen LogP contribution < -0.4 is 11.2 Å². The first-order chi connectivity index (χ1) is 12.1. The van der Waals surface area contributed by atoms with Gasteiger partial charge in [-0.2, -0.15) is 5.10 Å². The predicted molar refractivity (Wildman–Crippen MR) is 102 cm³/mol. The third-order valence-corrected chi connectivity index (χ3v) is 3.83. The minimum absolute atomic E-state index is 0.324. The number of hydrazone groups is 1. The second kappa shape index (κ2) is 7.64. The van der Waals surface area contributed by atoms with E-state index < -0.39 is 0 Å². The number of nitrogens with one attached hydrogen (secondary N) is 1. The zero-order valence-electron chi connectivity index (χ0n) is 13.3.